The number of aryl methyl sites for hydroxylation is 1. The van der Waals surface area contributed by atoms with Crippen molar-refractivity contribution in [2.45, 2.75) is 64.3 Å². The molecule has 1 aromatic carbocycles. The third-order valence-corrected chi connectivity index (χ3v) is 5.62. The Kier molecular flexibility index (Phi) is 6.11. The van der Waals surface area contributed by atoms with Crippen LogP contribution in [0.15, 0.2) is 24.3 Å². The van der Waals surface area contributed by atoms with Gasteiger partial charge in [0.25, 0.3) is 5.91 Å². The van der Waals surface area contributed by atoms with Gasteiger partial charge in [0.05, 0.1) is 5.92 Å². The van der Waals surface area contributed by atoms with E-state index in [2.05, 4.69) is 5.32 Å². The number of carbonyl (C=O) groups is 2. The number of nitrogens with zero attached hydrogens (tertiary/aromatic N) is 1. The van der Waals surface area contributed by atoms with Crippen molar-refractivity contribution < 1.29 is 9.59 Å². The van der Waals surface area contributed by atoms with Crippen LogP contribution in [0.2, 0.25) is 0 Å². The summed E-state index contributed by atoms with van der Waals surface area (Å²) in [6, 6.07) is 7.87. The third kappa shape index (κ3) is 4.42. The highest BCUT2D eigenvalue weighted by molar-refractivity contribution is 5.95. The Hall–Kier alpha value is -1.84. The number of hydrogen-bond donors (Lipinski definition) is 1. The molecule has 1 aliphatic carbocycles. The molecule has 2 amide bonds. The van der Waals surface area contributed by atoms with Crippen LogP contribution in [-0.4, -0.2) is 35.8 Å². The molecule has 0 unspecified atom stereocenters. The standard InChI is InChI=1S/C21H30N2O2/c1-16-9-8-10-17(15-16)21(25)23-14-7-3-2-6-13-22-20(24)18-11-4-5-12-19(18)23/h8-10,15,18-19H,2-7,11-14H2,1H3,(H,22,24)/t18-,19+/m1/s1. The summed E-state index contributed by atoms with van der Waals surface area (Å²) >= 11 is 0. The van der Waals surface area contributed by atoms with Crippen molar-refractivity contribution in [1.82, 2.24) is 10.2 Å². The lowest BCUT2D eigenvalue weighted by molar-refractivity contribution is -0.128. The average molecular weight is 342 g/mol. The summed E-state index contributed by atoms with van der Waals surface area (Å²) in [7, 11) is 0. The molecule has 1 saturated heterocycles. The monoisotopic (exact) mass is 342 g/mol. The minimum absolute atomic E-state index is 0.0415. The molecule has 0 bridgehead atoms. The fraction of sp³-hybridized carbons (Fsp3) is 0.619. The van der Waals surface area contributed by atoms with Gasteiger partial charge >= 0.3 is 0 Å². The topological polar surface area (TPSA) is 49.4 Å². The molecule has 3 rings (SSSR count). The zero-order valence-corrected chi connectivity index (χ0v) is 15.3. The van der Waals surface area contributed by atoms with Crippen LogP contribution in [0.25, 0.3) is 0 Å². The summed E-state index contributed by atoms with van der Waals surface area (Å²) in [6.45, 7) is 3.55. The van der Waals surface area contributed by atoms with E-state index in [0.717, 1.165) is 75.6 Å². The van der Waals surface area contributed by atoms with Crippen LogP contribution >= 0.6 is 0 Å². The van der Waals surface area contributed by atoms with Crippen molar-refractivity contribution in [2.24, 2.45) is 5.92 Å². The van der Waals surface area contributed by atoms with Crippen LogP contribution in [0.3, 0.4) is 0 Å². The Morgan fingerprint density at radius 2 is 1.88 bits per heavy atom. The highest BCUT2D eigenvalue weighted by Gasteiger charge is 2.37. The zero-order chi connectivity index (χ0) is 17.6. The van der Waals surface area contributed by atoms with E-state index in [9.17, 15) is 9.59 Å². The van der Waals surface area contributed by atoms with Gasteiger partial charge in [-0.05, 0) is 44.7 Å². The largest absolute Gasteiger partial charge is 0.356 e. The summed E-state index contributed by atoms with van der Waals surface area (Å²) < 4.78 is 0. The van der Waals surface area contributed by atoms with Gasteiger partial charge in [0, 0.05) is 24.7 Å². The highest BCUT2D eigenvalue weighted by atomic mass is 16.2. The lowest BCUT2D eigenvalue weighted by Gasteiger charge is -2.39. The van der Waals surface area contributed by atoms with E-state index in [-0.39, 0.29) is 23.8 Å². The molecule has 0 aromatic heterocycles. The summed E-state index contributed by atoms with van der Waals surface area (Å²) in [5.74, 6) is 0.182. The Balaban J connectivity index is 1.88. The van der Waals surface area contributed by atoms with Crippen LogP contribution in [-0.2, 0) is 4.79 Å². The summed E-state index contributed by atoms with van der Waals surface area (Å²) in [5.41, 5.74) is 1.85. The van der Waals surface area contributed by atoms with Crippen molar-refractivity contribution in [3.8, 4) is 0 Å². The van der Waals surface area contributed by atoms with E-state index < -0.39 is 0 Å². The minimum atomic E-state index is -0.0550. The van der Waals surface area contributed by atoms with Crippen LogP contribution in [0, 0.1) is 12.8 Å². The summed E-state index contributed by atoms with van der Waals surface area (Å²) in [4.78, 5) is 28.0. The fourth-order valence-electron chi connectivity index (χ4n) is 4.26. The maximum absolute atomic E-state index is 13.3. The molecule has 4 heteroatoms. The minimum Gasteiger partial charge on any atom is -0.356 e. The van der Waals surface area contributed by atoms with Crippen LogP contribution in [0.5, 0.6) is 0 Å². The molecule has 1 heterocycles. The first kappa shape index (κ1) is 18.0. The molecule has 1 aromatic rings. The SMILES string of the molecule is Cc1cccc(C(=O)N2CCCCCCNC(=O)[C@@H]3CCCC[C@@H]32)c1. The van der Waals surface area contributed by atoms with E-state index in [1.54, 1.807) is 0 Å². The number of fused-ring (bicyclic) bond motifs is 1. The Labute approximate surface area is 151 Å². The van der Waals surface area contributed by atoms with E-state index in [1.165, 1.54) is 0 Å². The number of carbonyl (C=O) groups excluding carboxylic acids is 2. The average Bonchev–Trinajstić information content (AvgIpc) is 2.66. The van der Waals surface area contributed by atoms with Gasteiger partial charge in [-0.2, -0.15) is 0 Å². The quantitative estimate of drug-likeness (QED) is 0.846. The van der Waals surface area contributed by atoms with Gasteiger partial charge in [-0.1, -0.05) is 43.4 Å². The number of amides is 2. The predicted molar refractivity (Wildman–Crippen MR) is 99.4 cm³/mol. The second kappa shape index (κ2) is 8.50. The number of nitrogens with one attached hydrogen (secondary N) is 1. The molecule has 2 fully saturated rings. The van der Waals surface area contributed by atoms with Gasteiger partial charge in [-0.3, -0.25) is 9.59 Å². The van der Waals surface area contributed by atoms with Crippen molar-refractivity contribution >= 4 is 11.8 Å². The molecule has 1 N–H and O–H groups in total. The van der Waals surface area contributed by atoms with Crippen molar-refractivity contribution in [1.29, 1.82) is 0 Å². The fourth-order valence-corrected chi connectivity index (χ4v) is 4.26. The predicted octanol–water partition coefficient (Wildman–Crippen LogP) is 3.69. The Morgan fingerprint density at radius 1 is 1.08 bits per heavy atom. The third-order valence-electron chi connectivity index (χ3n) is 5.62. The van der Waals surface area contributed by atoms with E-state index in [0.29, 0.717) is 0 Å². The van der Waals surface area contributed by atoms with Gasteiger partial charge < -0.3 is 10.2 Å². The van der Waals surface area contributed by atoms with Gasteiger partial charge in [0.1, 0.15) is 0 Å². The Morgan fingerprint density at radius 3 is 2.72 bits per heavy atom. The van der Waals surface area contributed by atoms with Crippen molar-refractivity contribution in [3.63, 3.8) is 0 Å². The van der Waals surface area contributed by atoms with Crippen LogP contribution in [0.1, 0.15) is 67.3 Å². The summed E-state index contributed by atoms with van der Waals surface area (Å²) in [5, 5.41) is 3.11. The molecular weight excluding hydrogens is 312 g/mol. The molecule has 1 saturated carbocycles. The van der Waals surface area contributed by atoms with E-state index in [4.69, 9.17) is 0 Å². The van der Waals surface area contributed by atoms with Crippen molar-refractivity contribution in [3.05, 3.63) is 35.4 Å². The zero-order valence-electron chi connectivity index (χ0n) is 15.3. The molecule has 0 radical (unpaired) electrons. The molecule has 0 spiro atoms. The lowest BCUT2D eigenvalue weighted by atomic mass is 9.82. The number of rotatable bonds is 1. The first-order valence-corrected chi connectivity index (χ1v) is 9.82. The first-order valence-electron chi connectivity index (χ1n) is 9.82. The van der Waals surface area contributed by atoms with Gasteiger partial charge in [-0.25, -0.2) is 0 Å². The molecule has 2 aliphatic rings. The van der Waals surface area contributed by atoms with Crippen LogP contribution in [0.4, 0.5) is 0 Å². The van der Waals surface area contributed by atoms with E-state index >= 15 is 0 Å². The molecule has 2 atom stereocenters. The number of benzene rings is 1. The lowest BCUT2D eigenvalue weighted by Crippen LogP contribution is -2.51. The first-order chi connectivity index (χ1) is 12.2. The van der Waals surface area contributed by atoms with Gasteiger partial charge in [0.15, 0.2) is 0 Å². The maximum atomic E-state index is 13.3. The molecular formula is C21H30N2O2. The Bertz CT molecular complexity index is 614. The highest BCUT2D eigenvalue weighted by Crippen LogP contribution is 2.30. The van der Waals surface area contributed by atoms with Gasteiger partial charge in [0.2, 0.25) is 5.91 Å². The number of hydrogen-bond acceptors (Lipinski definition) is 2. The second-order valence-corrected chi connectivity index (χ2v) is 7.53. The molecule has 1 aliphatic heterocycles. The normalized spacial score (nSPS) is 25.5. The maximum Gasteiger partial charge on any atom is 0.254 e. The van der Waals surface area contributed by atoms with Crippen molar-refractivity contribution in [2.75, 3.05) is 13.1 Å². The van der Waals surface area contributed by atoms with Gasteiger partial charge in [-0.15, -0.1) is 0 Å². The van der Waals surface area contributed by atoms with E-state index in [1.807, 2.05) is 36.1 Å². The summed E-state index contributed by atoms with van der Waals surface area (Å²) in [6.07, 6.45) is 8.31. The smallest absolute Gasteiger partial charge is 0.254 e. The van der Waals surface area contributed by atoms with Crippen LogP contribution < -0.4 is 5.32 Å². The molecule has 25 heavy (non-hydrogen) atoms. The second-order valence-electron chi connectivity index (χ2n) is 7.53. The molecule has 4 nitrogen and oxygen atoms in total. The molecule has 136 valence electrons.